The molecular formula is C26H40O5. The molecule has 1 aliphatic carbocycles. The number of aliphatic hydroxyl groups excluding tert-OH is 1. The third kappa shape index (κ3) is 7.74. The molecule has 1 saturated heterocycles. The van der Waals surface area contributed by atoms with E-state index in [9.17, 15) is 9.90 Å². The van der Waals surface area contributed by atoms with Crippen molar-refractivity contribution in [2.75, 3.05) is 6.61 Å². The van der Waals surface area contributed by atoms with Crippen molar-refractivity contribution < 1.29 is 24.1 Å². The molecule has 2 bridgehead atoms. The highest BCUT2D eigenvalue weighted by atomic mass is 16.7. The predicted octanol–water partition coefficient (Wildman–Crippen LogP) is 5.41. The van der Waals surface area contributed by atoms with E-state index in [1.165, 1.54) is 0 Å². The third-order valence-corrected chi connectivity index (χ3v) is 5.92. The van der Waals surface area contributed by atoms with Crippen LogP contribution in [0.5, 0.6) is 0 Å². The molecule has 2 rings (SSSR count). The van der Waals surface area contributed by atoms with E-state index in [1.807, 2.05) is 53.7 Å². The number of hydrogen-bond acceptors (Lipinski definition) is 5. The fraction of sp³-hybridized carbons (Fsp3) is 0.654. The van der Waals surface area contributed by atoms with E-state index in [4.69, 9.17) is 14.2 Å². The highest BCUT2D eigenvalue weighted by Gasteiger charge is 2.49. The zero-order chi connectivity index (χ0) is 23.1. The Hall–Kier alpha value is -1.69. The van der Waals surface area contributed by atoms with Gasteiger partial charge in [-0.3, -0.25) is 4.79 Å². The monoisotopic (exact) mass is 432 g/mol. The lowest BCUT2D eigenvalue weighted by Crippen LogP contribution is -2.53. The standard InChI is InChI=1S/C26H40O5/c1-7-29-24(28)26(6)16-15-20(3)12-10-8-9-11-19(2)13-14-21(27)17-22-18-23(26)31-25(4,5)30-22/h10-15,21-23,27H,7-9,16-18H2,1-6H3/b12-10+,14-13+,19-11+,20-15+/t21-,22+,23+,26+/m0/s1. The van der Waals surface area contributed by atoms with Gasteiger partial charge >= 0.3 is 5.97 Å². The first-order valence-electron chi connectivity index (χ1n) is 11.4. The number of esters is 1. The summed E-state index contributed by atoms with van der Waals surface area (Å²) in [4.78, 5) is 13.1. The quantitative estimate of drug-likeness (QED) is 0.592. The molecule has 5 nitrogen and oxygen atoms in total. The van der Waals surface area contributed by atoms with Crippen molar-refractivity contribution >= 4 is 5.97 Å². The molecule has 1 heterocycles. The van der Waals surface area contributed by atoms with Crippen LogP contribution in [0.1, 0.15) is 73.6 Å². The fourth-order valence-corrected chi connectivity index (χ4v) is 4.08. The summed E-state index contributed by atoms with van der Waals surface area (Å²) in [7, 11) is 0. The SMILES string of the molecule is CCOC(=O)[C@]1(C)C/C=C(C)/C=C/CC/C=C(C)/C=C/[C@H](O)C[C@@H]2C[C@H]1OC(C)(C)O2. The summed E-state index contributed by atoms with van der Waals surface area (Å²) in [6, 6.07) is 0. The number of allylic oxidation sites excluding steroid dienone is 7. The lowest BCUT2D eigenvalue weighted by atomic mass is 9.76. The second-order valence-corrected chi connectivity index (χ2v) is 9.36. The summed E-state index contributed by atoms with van der Waals surface area (Å²) in [5.74, 6) is -1.12. The lowest BCUT2D eigenvalue weighted by Gasteiger charge is -2.46. The Morgan fingerprint density at radius 2 is 1.81 bits per heavy atom. The van der Waals surface area contributed by atoms with Gasteiger partial charge in [-0.15, -0.1) is 0 Å². The fourth-order valence-electron chi connectivity index (χ4n) is 4.08. The molecule has 0 aromatic heterocycles. The van der Waals surface area contributed by atoms with E-state index >= 15 is 0 Å². The first-order chi connectivity index (χ1) is 14.6. The average molecular weight is 433 g/mol. The molecule has 1 aliphatic heterocycles. The zero-order valence-corrected chi connectivity index (χ0v) is 20.0. The Labute approximate surface area is 187 Å². The smallest absolute Gasteiger partial charge is 0.314 e. The van der Waals surface area contributed by atoms with E-state index in [1.54, 1.807) is 0 Å². The van der Waals surface area contributed by atoms with Crippen LogP contribution in [0.3, 0.4) is 0 Å². The van der Waals surface area contributed by atoms with Crippen LogP contribution in [0.4, 0.5) is 0 Å². The van der Waals surface area contributed by atoms with Gasteiger partial charge in [0.05, 0.1) is 30.3 Å². The first kappa shape index (κ1) is 25.6. The van der Waals surface area contributed by atoms with E-state index in [-0.39, 0.29) is 18.2 Å². The van der Waals surface area contributed by atoms with Gasteiger partial charge in [0, 0.05) is 12.8 Å². The summed E-state index contributed by atoms with van der Waals surface area (Å²) in [5, 5.41) is 10.6. The van der Waals surface area contributed by atoms with Crippen LogP contribution in [0.25, 0.3) is 0 Å². The lowest BCUT2D eigenvalue weighted by molar-refractivity contribution is -0.318. The number of fused-ring (bicyclic) bond motifs is 2. The number of aliphatic hydroxyl groups is 1. The molecule has 0 amide bonds. The average Bonchev–Trinajstić information content (AvgIpc) is 2.68. The van der Waals surface area contributed by atoms with Gasteiger partial charge in [-0.05, 0) is 60.8 Å². The number of ether oxygens (including phenoxy) is 3. The maximum Gasteiger partial charge on any atom is 0.314 e. The van der Waals surface area contributed by atoms with Crippen molar-refractivity contribution in [3.8, 4) is 0 Å². The van der Waals surface area contributed by atoms with Crippen molar-refractivity contribution in [1.29, 1.82) is 0 Å². The van der Waals surface area contributed by atoms with Gasteiger partial charge in [-0.1, -0.05) is 47.6 Å². The second kappa shape index (κ2) is 11.3. The predicted molar refractivity (Wildman–Crippen MR) is 123 cm³/mol. The van der Waals surface area contributed by atoms with Gasteiger partial charge in [0.25, 0.3) is 0 Å². The summed E-state index contributed by atoms with van der Waals surface area (Å²) in [6.07, 6.45) is 14.4. The molecule has 0 unspecified atom stereocenters. The Kier molecular flexibility index (Phi) is 9.28. The molecule has 0 radical (unpaired) electrons. The molecule has 1 N–H and O–H groups in total. The van der Waals surface area contributed by atoms with Crippen LogP contribution in [-0.2, 0) is 19.0 Å². The Morgan fingerprint density at radius 1 is 1.10 bits per heavy atom. The summed E-state index contributed by atoms with van der Waals surface area (Å²) in [5.41, 5.74) is 1.39. The van der Waals surface area contributed by atoms with Gasteiger partial charge in [-0.25, -0.2) is 0 Å². The molecule has 0 saturated carbocycles. The maximum absolute atomic E-state index is 13.1. The van der Waals surface area contributed by atoms with Crippen LogP contribution >= 0.6 is 0 Å². The summed E-state index contributed by atoms with van der Waals surface area (Å²) in [6.45, 7) is 11.9. The molecule has 0 spiro atoms. The van der Waals surface area contributed by atoms with Gasteiger partial charge in [0.15, 0.2) is 5.79 Å². The molecule has 174 valence electrons. The van der Waals surface area contributed by atoms with Crippen molar-refractivity contribution in [2.45, 2.75) is 97.7 Å². The minimum absolute atomic E-state index is 0.230. The number of carbonyl (C=O) groups excluding carboxylic acids is 1. The highest BCUT2D eigenvalue weighted by Crippen LogP contribution is 2.41. The summed E-state index contributed by atoms with van der Waals surface area (Å²) >= 11 is 0. The molecular weight excluding hydrogens is 392 g/mol. The topological polar surface area (TPSA) is 65.0 Å². The van der Waals surface area contributed by atoms with Crippen LogP contribution in [0.2, 0.25) is 0 Å². The van der Waals surface area contributed by atoms with E-state index < -0.39 is 17.3 Å². The van der Waals surface area contributed by atoms with Crippen molar-refractivity contribution in [2.24, 2.45) is 5.41 Å². The van der Waals surface area contributed by atoms with Crippen LogP contribution in [0, 0.1) is 5.41 Å². The maximum atomic E-state index is 13.1. The largest absolute Gasteiger partial charge is 0.465 e. The first-order valence-corrected chi connectivity index (χ1v) is 11.4. The Bertz CT molecular complexity index is 730. The van der Waals surface area contributed by atoms with Crippen LogP contribution in [-0.4, -0.2) is 41.8 Å². The summed E-state index contributed by atoms with van der Waals surface area (Å²) < 4.78 is 17.8. The van der Waals surface area contributed by atoms with Crippen molar-refractivity contribution in [1.82, 2.24) is 0 Å². The number of rotatable bonds is 2. The zero-order valence-electron chi connectivity index (χ0n) is 20.0. The number of carbonyl (C=O) groups is 1. The van der Waals surface area contributed by atoms with Gasteiger partial charge in [0.1, 0.15) is 0 Å². The minimum Gasteiger partial charge on any atom is -0.465 e. The van der Waals surface area contributed by atoms with Crippen LogP contribution in [0.15, 0.2) is 47.6 Å². The minimum atomic E-state index is -0.859. The van der Waals surface area contributed by atoms with E-state index in [0.717, 1.165) is 24.0 Å². The Morgan fingerprint density at radius 3 is 2.52 bits per heavy atom. The molecule has 31 heavy (non-hydrogen) atoms. The molecule has 0 aromatic rings. The normalized spacial score (nSPS) is 38.0. The van der Waals surface area contributed by atoms with Crippen molar-refractivity contribution in [3.05, 3.63) is 47.6 Å². The molecule has 2 aliphatic rings. The second-order valence-electron chi connectivity index (χ2n) is 9.36. The molecule has 4 atom stereocenters. The molecule has 0 aromatic carbocycles. The van der Waals surface area contributed by atoms with E-state index in [0.29, 0.717) is 25.9 Å². The van der Waals surface area contributed by atoms with Gasteiger partial charge in [0.2, 0.25) is 0 Å². The molecule has 1 fully saturated rings. The van der Waals surface area contributed by atoms with Gasteiger partial charge in [-0.2, -0.15) is 0 Å². The molecule has 5 heteroatoms. The third-order valence-electron chi connectivity index (χ3n) is 5.92. The number of hydrogen-bond donors (Lipinski definition) is 1. The van der Waals surface area contributed by atoms with Crippen molar-refractivity contribution in [3.63, 3.8) is 0 Å². The highest BCUT2D eigenvalue weighted by molar-refractivity contribution is 5.77. The van der Waals surface area contributed by atoms with Gasteiger partial charge < -0.3 is 19.3 Å². The van der Waals surface area contributed by atoms with E-state index in [2.05, 4.69) is 24.3 Å². The Balaban J connectivity index is 2.41. The van der Waals surface area contributed by atoms with Crippen LogP contribution < -0.4 is 0 Å².